The highest BCUT2D eigenvalue weighted by Gasteiger charge is 2.36. The lowest BCUT2D eigenvalue weighted by Crippen LogP contribution is -2.52. The minimum atomic E-state index is -0.116. The van der Waals surface area contributed by atoms with E-state index in [-0.39, 0.29) is 11.5 Å². The van der Waals surface area contributed by atoms with Gasteiger partial charge in [-0.15, -0.1) is 0 Å². The van der Waals surface area contributed by atoms with Crippen LogP contribution in [0.5, 0.6) is 0 Å². The molecule has 0 N–H and O–H groups in total. The van der Waals surface area contributed by atoms with E-state index in [1.807, 2.05) is 17.0 Å². The Bertz CT molecular complexity index is 454. The van der Waals surface area contributed by atoms with Gasteiger partial charge >= 0.3 is 0 Å². The van der Waals surface area contributed by atoms with Crippen LogP contribution in [0.3, 0.4) is 0 Å². The molecular weight excluding hydrogens is 266 g/mol. The summed E-state index contributed by atoms with van der Waals surface area (Å²) < 4.78 is 5.75. The minimum Gasteiger partial charge on any atom is -0.377 e. The second-order valence-corrected chi connectivity index (χ2v) is 6.04. The first kappa shape index (κ1) is 15.9. The molecule has 2 heterocycles. The monoisotopic (exact) mass is 291 g/mol. The Kier molecular flexibility index (Phi) is 5.31. The van der Waals surface area contributed by atoms with Crippen molar-refractivity contribution in [1.29, 1.82) is 0 Å². The summed E-state index contributed by atoms with van der Waals surface area (Å²) in [7, 11) is 5.89. The first-order valence-corrected chi connectivity index (χ1v) is 7.41. The van der Waals surface area contributed by atoms with Gasteiger partial charge in [-0.2, -0.15) is 0 Å². The van der Waals surface area contributed by atoms with Gasteiger partial charge in [-0.05, 0) is 38.6 Å². The van der Waals surface area contributed by atoms with Crippen molar-refractivity contribution in [3.05, 3.63) is 30.1 Å². The van der Waals surface area contributed by atoms with Crippen LogP contribution >= 0.6 is 0 Å². The molecule has 5 heteroatoms. The van der Waals surface area contributed by atoms with Gasteiger partial charge in [0.1, 0.15) is 0 Å². The summed E-state index contributed by atoms with van der Waals surface area (Å²) in [5, 5.41) is 0. The van der Waals surface area contributed by atoms with Crippen molar-refractivity contribution in [2.24, 2.45) is 0 Å². The Hall–Kier alpha value is -1.46. The van der Waals surface area contributed by atoms with Crippen LogP contribution in [0.1, 0.15) is 18.4 Å². The number of hydrogen-bond donors (Lipinski definition) is 0. The van der Waals surface area contributed by atoms with Gasteiger partial charge in [0.25, 0.3) is 0 Å². The Morgan fingerprint density at radius 1 is 1.43 bits per heavy atom. The van der Waals surface area contributed by atoms with Crippen LogP contribution in [-0.2, 0) is 16.0 Å². The predicted octanol–water partition coefficient (Wildman–Crippen LogP) is 1.19. The average molecular weight is 291 g/mol. The van der Waals surface area contributed by atoms with Crippen molar-refractivity contribution < 1.29 is 9.53 Å². The van der Waals surface area contributed by atoms with Crippen molar-refractivity contribution in [1.82, 2.24) is 14.8 Å². The Labute approximate surface area is 126 Å². The van der Waals surface area contributed by atoms with Crippen molar-refractivity contribution in [2.45, 2.75) is 24.9 Å². The molecule has 1 aromatic rings. The van der Waals surface area contributed by atoms with Crippen LogP contribution in [0.4, 0.5) is 0 Å². The molecule has 0 unspecified atom stereocenters. The van der Waals surface area contributed by atoms with Crippen molar-refractivity contribution >= 4 is 5.91 Å². The third-order valence-corrected chi connectivity index (χ3v) is 4.14. The number of nitrogens with zero attached hydrogens (tertiary/aromatic N) is 3. The second kappa shape index (κ2) is 7.00. The molecule has 0 spiro atoms. The number of methoxy groups -OCH3 is 1. The zero-order valence-electron chi connectivity index (χ0n) is 13.2. The fraction of sp³-hybridized carbons (Fsp3) is 0.625. The quantitative estimate of drug-likeness (QED) is 0.817. The molecule has 0 atom stereocenters. The molecular formula is C16H25N3O2. The van der Waals surface area contributed by atoms with Crippen LogP contribution in [0.15, 0.2) is 24.5 Å². The maximum Gasteiger partial charge on any atom is 0.227 e. The Morgan fingerprint density at radius 3 is 2.67 bits per heavy atom. The largest absolute Gasteiger partial charge is 0.377 e. The van der Waals surface area contributed by atoms with E-state index in [9.17, 15) is 4.79 Å². The number of hydrogen-bond acceptors (Lipinski definition) is 4. The fourth-order valence-electron chi connectivity index (χ4n) is 2.96. The van der Waals surface area contributed by atoms with E-state index >= 15 is 0 Å². The number of amides is 1. The Balaban J connectivity index is 1.89. The molecule has 1 aliphatic heterocycles. The normalized spacial score (nSPS) is 18.0. The van der Waals surface area contributed by atoms with Crippen LogP contribution in [-0.4, -0.2) is 67.1 Å². The number of carbonyl (C=O) groups excluding carboxylic acids is 1. The van der Waals surface area contributed by atoms with E-state index in [1.165, 1.54) is 0 Å². The third kappa shape index (κ3) is 4.25. The lowest BCUT2D eigenvalue weighted by molar-refractivity contribution is -0.136. The topological polar surface area (TPSA) is 45.7 Å². The first-order valence-electron chi connectivity index (χ1n) is 7.41. The molecule has 5 nitrogen and oxygen atoms in total. The minimum absolute atomic E-state index is 0.116. The average Bonchev–Trinajstić information content (AvgIpc) is 2.48. The molecule has 1 aliphatic rings. The number of carbonyl (C=O) groups is 1. The highest BCUT2D eigenvalue weighted by atomic mass is 16.5. The standard InChI is InChI=1S/C16H25N3O2/c1-18(2)13-16(21-3)6-9-19(10-7-16)15(20)11-14-5-4-8-17-12-14/h4-5,8,12H,6-7,9-11,13H2,1-3H3. The zero-order valence-corrected chi connectivity index (χ0v) is 13.2. The molecule has 0 bridgehead atoms. The van der Waals surface area contributed by atoms with E-state index in [4.69, 9.17) is 4.74 Å². The smallest absolute Gasteiger partial charge is 0.227 e. The summed E-state index contributed by atoms with van der Waals surface area (Å²) in [4.78, 5) is 20.5. The van der Waals surface area contributed by atoms with Crippen molar-refractivity contribution in [3.63, 3.8) is 0 Å². The SMILES string of the molecule is COC1(CN(C)C)CCN(C(=O)Cc2cccnc2)CC1. The maximum atomic E-state index is 12.3. The van der Waals surface area contributed by atoms with Gasteiger partial charge < -0.3 is 14.5 Å². The number of aromatic nitrogens is 1. The molecule has 0 aliphatic carbocycles. The number of pyridine rings is 1. The van der Waals surface area contributed by atoms with Crippen molar-refractivity contribution in [3.8, 4) is 0 Å². The summed E-state index contributed by atoms with van der Waals surface area (Å²) in [6.07, 6.45) is 5.69. The second-order valence-electron chi connectivity index (χ2n) is 6.04. The van der Waals surface area contributed by atoms with Crippen LogP contribution < -0.4 is 0 Å². The van der Waals surface area contributed by atoms with Gasteiger partial charge in [-0.1, -0.05) is 6.07 Å². The fourth-order valence-corrected chi connectivity index (χ4v) is 2.96. The lowest BCUT2D eigenvalue weighted by Gasteiger charge is -2.42. The lowest BCUT2D eigenvalue weighted by atomic mass is 9.90. The number of likely N-dealkylation sites (N-methyl/N-ethyl adjacent to an activating group) is 1. The van der Waals surface area contributed by atoms with Crippen LogP contribution in [0, 0.1) is 0 Å². The van der Waals surface area contributed by atoms with E-state index in [1.54, 1.807) is 19.5 Å². The van der Waals surface area contributed by atoms with Gasteiger partial charge in [0.15, 0.2) is 0 Å². The molecule has 0 aromatic carbocycles. The molecule has 1 amide bonds. The highest BCUT2D eigenvalue weighted by molar-refractivity contribution is 5.78. The number of piperidine rings is 1. The summed E-state index contributed by atoms with van der Waals surface area (Å²) in [6.45, 7) is 2.43. The molecule has 21 heavy (non-hydrogen) atoms. The molecule has 0 saturated carbocycles. The van der Waals surface area contributed by atoms with Crippen LogP contribution in [0.2, 0.25) is 0 Å². The number of ether oxygens (including phenoxy) is 1. The molecule has 1 aromatic heterocycles. The Morgan fingerprint density at radius 2 is 2.14 bits per heavy atom. The van der Waals surface area contributed by atoms with Gasteiger partial charge in [-0.25, -0.2) is 0 Å². The zero-order chi connectivity index (χ0) is 15.3. The maximum absolute atomic E-state index is 12.3. The van der Waals surface area contributed by atoms with Gasteiger partial charge in [0.05, 0.1) is 12.0 Å². The summed E-state index contributed by atoms with van der Waals surface area (Å²) in [5.74, 6) is 0.178. The summed E-state index contributed by atoms with van der Waals surface area (Å²) in [6, 6.07) is 3.81. The molecule has 1 fully saturated rings. The number of rotatable bonds is 5. The molecule has 1 saturated heterocycles. The number of likely N-dealkylation sites (tertiary alicyclic amines) is 1. The van der Waals surface area contributed by atoms with Crippen LogP contribution in [0.25, 0.3) is 0 Å². The van der Waals surface area contributed by atoms with E-state index in [0.717, 1.165) is 38.0 Å². The summed E-state index contributed by atoms with van der Waals surface area (Å²) in [5.41, 5.74) is 0.855. The van der Waals surface area contributed by atoms with E-state index in [0.29, 0.717) is 6.42 Å². The highest BCUT2D eigenvalue weighted by Crippen LogP contribution is 2.26. The van der Waals surface area contributed by atoms with Gasteiger partial charge in [0.2, 0.25) is 5.91 Å². The van der Waals surface area contributed by atoms with Crippen molar-refractivity contribution in [2.75, 3.05) is 40.8 Å². The molecule has 116 valence electrons. The third-order valence-electron chi connectivity index (χ3n) is 4.14. The first-order chi connectivity index (χ1) is 10.0. The molecule has 0 radical (unpaired) electrons. The van der Waals surface area contributed by atoms with Gasteiger partial charge in [0, 0.05) is 39.1 Å². The summed E-state index contributed by atoms with van der Waals surface area (Å²) >= 11 is 0. The molecule has 2 rings (SSSR count). The predicted molar refractivity (Wildman–Crippen MR) is 82.0 cm³/mol. The van der Waals surface area contributed by atoms with E-state index in [2.05, 4.69) is 24.0 Å². The van der Waals surface area contributed by atoms with Gasteiger partial charge in [-0.3, -0.25) is 9.78 Å². The van der Waals surface area contributed by atoms with E-state index < -0.39 is 0 Å².